The SMILES string of the molecule is O=C(CN(CC1CC1)C1CC1)Nc1ccc(C(F)(F)F)cc1. The molecule has 1 N–H and O–H groups in total. The van der Waals surface area contributed by atoms with Crippen LogP contribution < -0.4 is 5.32 Å². The van der Waals surface area contributed by atoms with E-state index in [4.69, 9.17) is 0 Å². The standard InChI is InChI=1S/C16H19F3N2O/c17-16(18,19)12-3-5-13(6-4-12)20-15(22)10-21(14-7-8-14)9-11-1-2-11/h3-6,11,14H,1-2,7-10H2,(H,20,22). The maximum atomic E-state index is 12.5. The first-order chi connectivity index (χ1) is 10.4. The molecule has 0 bridgehead atoms. The van der Waals surface area contributed by atoms with Gasteiger partial charge in [-0.3, -0.25) is 9.69 Å². The molecule has 1 aromatic rings. The molecule has 0 saturated heterocycles. The zero-order valence-corrected chi connectivity index (χ0v) is 12.2. The lowest BCUT2D eigenvalue weighted by Crippen LogP contribution is -2.36. The Bertz CT molecular complexity index is 533. The summed E-state index contributed by atoms with van der Waals surface area (Å²) in [6.45, 7) is 1.29. The zero-order chi connectivity index (χ0) is 15.7. The van der Waals surface area contributed by atoms with Crippen molar-refractivity contribution in [2.75, 3.05) is 18.4 Å². The molecule has 0 radical (unpaired) electrons. The molecule has 0 spiro atoms. The minimum atomic E-state index is -4.35. The lowest BCUT2D eigenvalue weighted by atomic mass is 10.2. The maximum absolute atomic E-state index is 12.5. The first kappa shape index (κ1) is 15.3. The van der Waals surface area contributed by atoms with Crippen molar-refractivity contribution in [3.05, 3.63) is 29.8 Å². The van der Waals surface area contributed by atoms with E-state index in [1.54, 1.807) is 0 Å². The van der Waals surface area contributed by atoms with Crippen LogP contribution in [-0.4, -0.2) is 29.9 Å². The Morgan fingerprint density at radius 2 is 1.77 bits per heavy atom. The van der Waals surface area contributed by atoms with Crippen LogP contribution in [0.2, 0.25) is 0 Å². The van der Waals surface area contributed by atoms with Gasteiger partial charge in [-0.25, -0.2) is 0 Å². The summed E-state index contributed by atoms with van der Waals surface area (Å²) in [5.74, 6) is 0.562. The first-order valence-corrected chi connectivity index (χ1v) is 7.63. The third-order valence-corrected chi connectivity index (χ3v) is 4.10. The number of nitrogens with zero attached hydrogens (tertiary/aromatic N) is 1. The second-order valence-corrected chi connectivity index (χ2v) is 6.23. The summed E-state index contributed by atoms with van der Waals surface area (Å²) >= 11 is 0. The van der Waals surface area contributed by atoms with Crippen LogP contribution in [0, 0.1) is 5.92 Å². The average Bonchev–Trinajstić information content (AvgIpc) is 3.31. The highest BCUT2D eigenvalue weighted by molar-refractivity contribution is 5.92. The smallest absolute Gasteiger partial charge is 0.325 e. The van der Waals surface area contributed by atoms with Crippen LogP contribution in [0.1, 0.15) is 31.2 Å². The quantitative estimate of drug-likeness (QED) is 0.871. The largest absolute Gasteiger partial charge is 0.416 e. The Labute approximate surface area is 127 Å². The van der Waals surface area contributed by atoms with E-state index in [0.717, 1.165) is 37.4 Å². The maximum Gasteiger partial charge on any atom is 0.416 e. The summed E-state index contributed by atoms with van der Waals surface area (Å²) in [6, 6.07) is 5.07. The molecule has 0 unspecified atom stereocenters. The van der Waals surface area contributed by atoms with Gasteiger partial charge in [0.2, 0.25) is 5.91 Å². The molecule has 0 heterocycles. The number of carbonyl (C=O) groups excluding carboxylic acids is 1. The Morgan fingerprint density at radius 3 is 2.27 bits per heavy atom. The topological polar surface area (TPSA) is 32.3 Å². The van der Waals surface area contributed by atoms with E-state index in [1.165, 1.54) is 25.0 Å². The van der Waals surface area contributed by atoms with Gasteiger partial charge in [0, 0.05) is 18.3 Å². The van der Waals surface area contributed by atoms with Crippen LogP contribution in [0.3, 0.4) is 0 Å². The highest BCUT2D eigenvalue weighted by atomic mass is 19.4. The summed E-state index contributed by atoms with van der Waals surface area (Å²) in [4.78, 5) is 14.3. The van der Waals surface area contributed by atoms with Crippen LogP contribution in [0.4, 0.5) is 18.9 Å². The summed E-state index contributed by atoms with van der Waals surface area (Å²) in [5.41, 5.74) is -0.306. The van der Waals surface area contributed by atoms with Gasteiger partial charge in [0.1, 0.15) is 0 Å². The Balaban J connectivity index is 1.54. The van der Waals surface area contributed by atoms with E-state index in [2.05, 4.69) is 10.2 Å². The van der Waals surface area contributed by atoms with Crippen LogP contribution >= 0.6 is 0 Å². The number of amides is 1. The highest BCUT2D eigenvalue weighted by Gasteiger charge is 2.34. The van der Waals surface area contributed by atoms with Gasteiger partial charge in [-0.2, -0.15) is 13.2 Å². The van der Waals surface area contributed by atoms with Gasteiger partial charge in [0.25, 0.3) is 0 Å². The summed E-state index contributed by atoms with van der Waals surface area (Å²) in [7, 11) is 0. The summed E-state index contributed by atoms with van der Waals surface area (Å²) < 4.78 is 37.4. The fraction of sp³-hybridized carbons (Fsp3) is 0.562. The van der Waals surface area contributed by atoms with Gasteiger partial charge in [-0.15, -0.1) is 0 Å². The average molecular weight is 312 g/mol. The van der Waals surface area contributed by atoms with Crippen molar-refractivity contribution >= 4 is 11.6 Å². The van der Waals surface area contributed by atoms with Gasteiger partial charge in [0.05, 0.1) is 12.1 Å². The predicted molar refractivity (Wildman–Crippen MR) is 77.4 cm³/mol. The van der Waals surface area contributed by atoms with Crippen molar-refractivity contribution < 1.29 is 18.0 Å². The summed E-state index contributed by atoms with van der Waals surface area (Å²) in [5, 5.41) is 2.68. The normalized spacial score (nSPS) is 18.5. The number of hydrogen-bond acceptors (Lipinski definition) is 2. The van der Waals surface area contributed by atoms with Crippen LogP contribution in [0.15, 0.2) is 24.3 Å². The van der Waals surface area contributed by atoms with Crippen molar-refractivity contribution in [2.24, 2.45) is 5.92 Å². The molecule has 2 saturated carbocycles. The number of rotatable bonds is 6. The zero-order valence-electron chi connectivity index (χ0n) is 12.2. The van der Waals surface area contributed by atoms with Crippen molar-refractivity contribution in [2.45, 2.75) is 37.9 Å². The molecule has 2 aliphatic carbocycles. The second kappa shape index (κ2) is 5.91. The Kier molecular flexibility index (Phi) is 4.12. The lowest BCUT2D eigenvalue weighted by Gasteiger charge is -2.21. The first-order valence-electron chi connectivity index (χ1n) is 7.63. The third-order valence-electron chi connectivity index (χ3n) is 4.10. The molecule has 120 valence electrons. The number of halogens is 3. The molecule has 22 heavy (non-hydrogen) atoms. The van der Waals surface area contributed by atoms with Gasteiger partial charge in [-0.1, -0.05) is 0 Å². The van der Waals surface area contributed by atoms with Crippen molar-refractivity contribution in [3.8, 4) is 0 Å². The molecule has 3 nitrogen and oxygen atoms in total. The molecule has 0 aliphatic heterocycles. The fourth-order valence-corrected chi connectivity index (χ4v) is 2.54. The van der Waals surface area contributed by atoms with E-state index >= 15 is 0 Å². The minimum absolute atomic E-state index is 0.160. The molecule has 6 heteroatoms. The second-order valence-electron chi connectivity index (χ2n) is 6.23. The van der Waals surface area contributed by atoms with Crippen LogP contribution in [0.25, 0.3) is 0 Å². The van der Waals surface area contributed by atoms with E-state index in [0.29, 0.717) is 18.3 Å². The lowest BCUT2D eigenvalue weighted by molar-refractivity contribution is -0.137. The fourth-order valence-electron chi connectivity index (χ4n) is 2.54. The third kappa shape index (κ3) is 4.22. The molecule has 0 aromatic heterocycles. The number of nitrogens with one attached hydrogen (secondary N) is 1. The van der Waals surface area contributed by atoms with Gasteiger partial charge < -0.3 is 5.32 Å². The number of alkyl halides is 3. The van der Waals surface area contributed by atoms with Crippen LogP contribution in [0.5, 0.6) is 0 Å². The predicted octanol–water partition coefficient (Wildman–Crippen LogP) is 3.52. The molecule has 0 atom stereocenters. The molecule has 1 aromatic carbocycles. The number of benzene rings is 1. The molecule has 2 fully saturated rings. The molecular formula is C16H19F3N2O. The molecular weight excluding hydrogens is 293 g/mol. The van der Waals surface area contributed by atoms with E-state index < -0.39 is 11.7 Å². The number of hydrogen-bond donors (Lipinski definition) is 1. The molecule has 2 aliphatic rings. The van der Waals surface area contributed by atoms with Crippen molar-refractivity contribution in [3.63, 3.8) is 0 Å². The Hall–Kier alpha value is -1.56. The Morgan fingerprint density at radius 1 is 1.14 bits per heavy atom. The minimum Gasteiger partial charge on any atom is -0.325 e. The van der Waals surface area contributed by atoms with E-state index in [1.807, 2.05) is 0 Å². The van der Waals surface area contributed by atoms with Gasteiger partial charge in [-0.05, 0) is 55.9 Å². The van der Waals surface area contributed by atoms with Crippen molar-refractivity contribution in [1.82, 2.24) is 4.90 Å². The number of anilines is 1. The molecule has 3 rings (SSSR count). The monoisotopic (exact) mass is 312 g/mol. The van der Waals surface area contributed by atoms with Crippen molar-refractivity contribution in [1.29, 1.82) is 0 Å². The number of carbonyl (C=O) groups is 1. The van der Waals surface area contributed by atoms with Gasteiger partial charge in [0.15, 0.2) is 0 Å². The van der Waals surface area contributed by atoms with Crippen LogP contribution in [-0.2, 0) is 11.0 Å². The van der Waals surface area contributed by atoms with E-state index in [9.17, 15) is 18.0 Å². The molecule has 1 amide bonds. The van der Waals surface area contributed by atoms with Gasteiger partial charge >= 0.3 is 6.18 Å². The summed E-state index contributed by atoms with van der Waals surface area (Å²) in [6.07, 6.45) is 0.406. The highest BCUT2D eigenvalue weighted by Crippen LogP contribution is 2.34. The van der Waals surface area contributed by atoms with E-state index in [-0.39, 0.29) is 5.91 Å².